The standard InChI is InChI=1S/C12H15ClN4/c1-2-17-12(15-9-16-17)8-14-7-10-3-5-11(13)6-4-10/h3-6,9,14H,2,7-8H2,1H3. The smallest absolute Gasteiger partial charge is 0.140 e. The minimum Gasteiger partial charge on any atom is -0.306 e. The molecule has 1 heterocycles. The summed E-state index contributed by atoms with van der Waals surface area (Å²) in [4.78, 5) is 4.20. The first kappa shape index (κ1) is 12.1. The lowest BCUT2D eigenvalue weighted by molar-refractivity contribution is 0.572. The molecule has 0 saturated carbocycles. The topological polar surface area (TPSA) is 42.7 Å². The largest absolute Gasteiger partial charge is 0.306 e. The van der Waals surface area contributed by atoms with Crippen LogP contribution < -0.4 is 5.32 Å². The normalized spacial score (nSPS) is 10.7. The van der Waals surface area contributed by atoms with Crippen LogP contribution in [0.5, 0.6) is 0 Å². The third-order valence-corrected chi connectivity index (χ3v) is 2.77. The number of benzene rings is 1. The summed E-state index contributed by atoms with van der Waals surface area (Å²) in [5, 5.41) is 8.22. The lowest BCUT2D eigenvalue weighted by atomic mass is 10.2. The van der Waals surface area contributed by atoms with E-state index in [9.17, 15) is 0 Å². The predicted molar refractivity (Wildman–Crippen MR) is 67.7 cm³/mol. The van der Waals surface area contributed by atoms with Gasteiger partial charge in [-0.05, 0) is 24.6 Å². The van der Waals surface area contributed by atoms with Crippen LogP contribution in [0.25, 0.3) is 0 Å². The van der Waals surface area contributed by atoms with Crippen molar-refractivity contribution in [3.63, 3.8) is 0 Å². The van der Waals surface area contributed by atoms with Crippen LogP contribution in [-0.4, -0.2) is 14.8 Å². The van der Waals surface area contributed by atoms with Crippen molar-refractivity contribution in [3.8, 4) is 0 Å². The lowest BCUT2D eigenvalue weighted by Crippen LogP contribution is -2.16. The summed E-state index contributed by atoms with van der Waals surface area (Å²) < 4.78 is 1.88. The zero-order chi connectivity index (χ0) is 12.1. The molecular weight excluding hydrogens is 236 g/mol. The Morgan fingerprint density at radius 3 is 2.71 bits per heavy atom. The molecular formula is C12H15ClN4. The third-order valence-electron chi connectivity index (χ3n) is 2.52. The van der Waals surface area contributed by atoms with Crippen molar-refractivity contribution in [2.45, 2.75) is 26.6 Å². The first-order valence-corrected chi connectivity index (χ1v) is 5.99. The fourth-order valence-corrected chi connectivity index (χ4v) is 1.74. The van der Waals surface area contributed by atoms with Gasteiger partial charge in [0.15, 0.2) is 0 Å². The molecule has 0 aliphatic carbocycles. The van der Waals surface area contributed by atoms with Crippen molar-refractivity contribution in [3.05, 3.63) is 47.0 Å². The molecule has 2 rings (SSSR count). The van der Waals surface area contributed by atoms with Gasteiger partial charge in [-0.15, -0.1) is 0 Å². The van der Waals surface area contributed by atoms with Gasteiger partial charge in [-0.3, -0.25) is 0 Å². The Balaban J connectivity index is 1.85. The maximum atomic E-state index is 5.82. The minimum absolute atomic E-state index is 0.719. The van der Waals surface area contributed by atoms with Gasteiger partial charge >= 0.3 is 0 Å². The van der Waals surface area contributed by atoms with Crippen LogP contribution in [0.1, 0.15) is 18.3 Å². The molecule has 0 fully saturated rings. The average Bonchev–Trinajstić information content (AvgIpc) is 2.79. The SMILES string of the molecule is CCn1ncnc1CNCc1ccc(Cl)cc1. The van der Waals surface area contributed by atoms with Crippen LogP contribution in [0.2, 0.25) is 5.02 Å². The Bertz CT molecular complexity index is 464. The van der Waals surface area contributed by atoms with Crippen molar-refractivity contribution in [1.82, 2.24) is 20.1 Å². The van der Waals surface area contributed by atoms with E-state index in [1.807, 2.05) is 28.9 Å². The molecule has 90 valence electrons. The van der Waals surface area contributed by atoms with Gasteiger partial charge < -0.3 is 5.32 Å². The quantitative estimate of drug-likeness (QED) is 0.885. The van der Waals surface area contributed by atoms with Crippen molar-refractivity contribution in [2.24, 2.45) is 0 Å². The fraction of sp³-hybridized carbons (Fsp3) is 0.333. The maximum Gasteiger partial charge on any atom is 0.140 e. The molecule has 0 aliphatic rings. The summed E-state index contributed by atoms with van der Waals surface area (Å²) >= 11 is 5.82. The van der Waals surface area contributed by atoms with Gasteiger partial charge in [0.2, 0.25) is 0 Å². The second-order valence-electron chi connectivity index (χ2n) is 3.72. The molecule has 0 radical (unpaired) electrons. The molecule has 1 aromatic carbocycles. The summed E-state index contributed by atoms with van der Waals surface area (Å²) in [6.45, 7) is 4.42. The van der Waals surface area contributed by atoms with Gasteiger partial charge in [0.05, 0.1) is 6.54 Å². The van der Waals surface area contributed by atoms with E-state index in [-0.39, 0.29) is 0 Å². The van der Waals surface area contributed by atoms with Gasteiger partial charge in [0.25, 0.3) is 0 Å². The van der Waals surface area contributed by atoms with Gasteiger partial charge in [0.1, 0.15) is 12.2 Å². The molecule has 0 aliphatic heterocycles. The van der Waals surface area contributed by atoms with Crippen LogP contribution in [0.3, 0.4) is 0 Å². The highest BCUT2D eigenvalue weighted by Crippen LogP contribution is 2.09. The highest BCUT2D eigenvalue weighted by atomic mass is 35.5. The Morgan fingerprint density at radius 1 is 1.24 bits per heavy atom. The van der Waals surface area contributed by atoms with Gasteiger partial charge in [-0.1, -0.05) is 23.7 Å². The minimum atomic E-state index is 0.719. The molecule has 5 heteroatoms. The molecule has 0 unspecified atom stereocenters. The number of aryl methyl sites for hydroxylation is 1. The summed E-state index contributed by atoms with van der Waals surface area (Å²) in [6.07, 6.45) is 1.59. The number of nitrogens with zero attached hydrogens (tertiary/aromatic N) is 3. The number of nitrogens with one attached hydrogen (secondary N) is 1. The molecule has 0 bridgehead atoms. The zero-order valence-electron chi connectivity index (χ0n) is 9.73. The first-order chi connectivity index (χ1) is 8.29. The number of rotatable bonds is 5. The van der Waals surface area contributed by atoms with E-state index in [0.29, 0.717) is 0 Å². The number of aromatic nitrogens is 3. The first-order valence-electron chi connectivity index (χ1n) is 5.61. The molecule has 17 heavy (non-hydrogen) atoms. The number of halogens is 1. The molecule has 4 nitrogen and oxygen atoms in total. The van der Waals surface area contributed by atoms with Crippen LogP contribution >= 0.6 is 11.6 Å². The van der Waals surface area contributed by atoms with E-state index in [1.165, 1.54) is 5.56 Å². The van der Waals surface area contributed by atoms with E-state index < -0.39 is 0 Å². The van der Waals surface area contributed by atoms with Gasteiger partial charge in [-0.2, -0.15) is 5.10 Å². The van der Waals surface area contributed by atoms with E-state index in [4.69, 9.17) is 11.6 Å². The zero-order valence-corrected chi connectivity index (χ0v) is 10.5. The van der Waals surface area contributed by atoms with Gasteiger partial charge in [-0.25, -0.2) is 9.67 Å². The summed E-state index contributed by atoms with van der Waals surface area (Å²) in [5.41, 5.74) is 1.21. The van der Waals surface area contributed by atoms with Crippen LogP contribution in [-0.2, 0) is 19.6 Å². The molecule has 0 spiro atoms. The van der Waals surface area contributed by atoms with E-state index in [2.05, 4.69) is 22.3 Å². The molecule has 2 aromatic rings. The highest BCUT2D eigenvalue weighted by Gasteiger charge is 2.01. The number of hydrogen-bond acceptors (Lipinski definition) is 3. The van der Waals surface area contributed by atoms with E-state index in [0.717, 1.165) is 30.5 Å². The molecule has 0 atom stereocenters. The van der Waals surface area contributed by atoms with Crippen LogP contribution in [0, 0.1) is 0 Å². The van der Waals surface area contributed by atoms with E-state index >= 15 is 0 Å². The van der Waals surface area contributed by atoms with Crippen molar-refractivity contribution in [2.75, 3.05) is 0 Å². The molecule has 1 aromatic heterocycles. The third kappa shape index (κ3) is 3.28. The van der Waals surface area contributed by atoms with Crippen LogP contribution in [0.15, 0.2) is 30.6 Å². The summed E-state index contributed by atoms with van der Waals surface area (Å²) in [5.74, 6) is 0.960. The lowest BCUT2D eigenvalue weighted by Gasteiger charge is -2.05. The summed E-state index contributed by atoms with van der Waals surface area (Å²) in [6, 6.07) is 7.82. The van der Waals surface area contributed by atoms with Crippen LogP contribution in [0.4, 0.5) is 0 Å². The van der Waals surface area contributed by atoms with Crippen molar-refractivity contribution >= 4 is 11.6 Å². The Kier molecular flexibility index (Phi) is 4.12. The molecule has 0 saturated heterocycles. The highest BCUT2D eigenvalue weighted by molar-refractivity contribution is 6.30. The Labute approximate surface area is 106 Å². The number of hydrogen-bond donors (Lipinski definition) is 1. The maximum absolute atomic E-state index is 5.82. The fourth-order valence-electron chi connectivity index (χ4n) is 1.61. The molecule has 0 amide bonds. The predicted octanol–water partition coefficient (Wildman–Crippen LogP) is 2.24. The van der Waals surface area contributed by atoms with E-state index in [1.54, 1.807) is 6.33 Å². The second-order valence-corrected chi connectivity index (χ2v) is 4.16. The Hall–Kier alpha value is -1.39. The van der Waals surface area contributed by atoms with Crippen molar-refractivity contribution < 1.29 is 0 Å². The monoisotopic (exact) mass is 250 g/mol. The van der Waals surface area contributed by atoms with Gasteiger partial charge in [0, 0.05) is 18.1 Å². The second kappa shape index (κ2) is 5.80. The average molecular weight is 251 g/mol. The Morgan fingerprint density at radius 2 is 2.00 bits per heavy atom. The molecule has 1 N–H and O–H groups in total. The van der Waals surface area contributed by atoms with Crippen molar-refractivity contribution in [1.29, 1.82) is 0 Å². The summed E-state index contributed by atoms with van der Waals surface area (Å²) in [7, 11) is 0.